The summed E-state index contributed by atoms with van der Waals surface area (Å²) in [4.78, 5) is 35.0. The molecule has 0 aliphatic heterocycles. The number of hydrogen-bond acceptors (Lipinski definition) is 6. The molecule has 1 aromatic carbocycles. The van der Waals surface area contributed by atoms with Crippen molar-refractivity contribution in [2.24, 2.45) is 0 Å². The summed E-state index contributed by atoms with van der Waals surface area (Å²) in [6.45, 7) is 1.75. The van der Waals surface area contributed by atoms with Crippen LogP contribution >= 0.6 is 0 Å². The number of pyridine rings is 2. The standard InChI is InChI=1S/C21H18N4O4S/c1-14(15-5-3-11-22-13-15)24-20(26)18-6-4-12-23-19(18)25(21(24)27)16-7-9-17(10-8-16)30(2,28)29/h3-14H,1-2H3. The number of fused-ring (bicyclic) bond motifs is 1. The Morgan fingerprint density at radius 3 is 2.30 bits per heavy atom. The van der Waals surface area contributed by atoms with E-state index in [9.17, 15) is 18.0 Å². The molecule has 3 aromatic heterocycles. The van der Waals surface area contributed by atoms with Gasteiger partial charge < -0.3 is 0 Å². The van der Waals surface area contributed by atoms with E-state index in [4.69, 9.17) is 0 Å². The van der Waals surface area contributed by atoms with Crippen LogP contribution in [-0.4, -0.2) is 33.8 Å². The molecule has 3 heterocycles. The molecule has 0 saturated carbocycles. The van der Waals surface area contributed by atoms with Gasteiger partial charge in [0, 0.05) is 24.8 Å². The third-order valence-corrected chi connectivity index (χ3v) is 6.05. The van der Waals surface area contributed by atoms with Gasteiger partial charge in [-0.05, 0) is 55.0 Å². The molecule has 1 unspecified atom stereocenters. The Hall–Kier alpha value is -3.59. The summed E-state index contributed by atoms with van der Waals surface area (Å²) in [6.07, 6.45) is 5.83. The highest BCUT2D eigenvalue weighted by Crippen LogP contribution is 2.18. The van der Waals surface area contributed by atoms with Crippen LogP contribution in [0.3, 0.4) is 0 Å². The predicted octanol–water partition coefficient (Wildman–Crippen LogP) is 1.96. The first kappa shape index (κ1) is 19.7. The van der Waals surface area contributed by atoms with Gasteiger partial charge in [-0.3, -0.25) is 14.3 Å². The molecular weight excluding hydrogens is 404 g/mol. The van der Waals surface area contributed by atoms with Crippen molar-refractivity contribution in [3.8, 4) is 5.69 Å². The molecule has 1 atom stereocenters. The van der Waals surface area contributed by atoms with Crippen molar-refractivity contribution in [2.45, 2.75) is 17.9 Å². The molecule has 0 aliphatic carbocycles. The van der Waals surface area contributed by atoms with Gasteiger partial charge in [-0.2, -0.15) is 0 Å². The Balaban J connectivity index is 2.03. The largest absolute Gasteiger partial charge is 0.337 e. The summed E-state index contributed by atoms with van der Waals surface area (Å²) in [5, 5.41) is 0.278. The van der Waals surface area contributed by atoms with E-state index in [0.29, 0.717) is 11.3 Å². The molecule has 0 amide bonds. The molecule has 4 aromatic rings. The SMILES string of the molecule is CC(c1cccnc1)n1c(=O)c2cccnc2n(-c2ccc(S(C)(=O)=O)cc2)c1=O. The van der Waals surface area contributed by atoms with Crippen molar-refractivity contribution >= 4 is 20.9 Å². The summed E-state index contributed by atoms with van der Waals surface area (Å²) in [5.74, 6) is 0. The first-order chi connectivity index (χ1) is 14.3. The van der Waals surface area contributed by atoms with Crippen LogP contribution in [0, 0.1) is 0 Å². The van der Waals surface area contributed by atoms with Crippen molar-refractivity contribution in [1.29, 1.82) is 0 Å². The highest BCUT2D eigenvalue weighted by atomic mass is 32.2. The van der Waals surface area contributed by atoms with Gasteiger partial charge in [0.2, 0.25) is 0 Å². The van der Waals surface area contributed by atoms with E-state index in [0.717, 1.165) is 10.8 Å². The normalized spacial score (nSPS) is 12.7. The van der Waals surface area contributed by atoms with Gasteiger partial charge in [0.05, 0.1) is 22.0 Å². The van der Waals surface area contributed by atoms with Gasteiger partial charge in [0.1, 0.15) is 0 Å². The van der Waals surface area contributed by atoms with Crippen molar-refractivity contribution in [3.63, 3.8) is 0 Å². The van der Waals surface area contributed by atoms with Crippen molar-refractivity contribution in [2.75, 3.05) is 6.26 Å². The fourth-order valence-electron chi connectivity index (χ4n) is 3.35. The maximum absolute atomic E-state index is 13.4. The van der Waals surface area contributed by atoms with E-state index >= 15 is 0 Å². The molecule has 0 fully saturated rings. The van der Waals surface area contributed by atoms with E-state index in [1.54, 1.807) is 43.6 Å². The first-order valence-electron chi connectivity index (χ1n) is 9.12. The van der Waals surface area contributed by atoms with Crippen LogP contribution in [0.1, 0.15) is 18.5 Å². The zero-order chi connectivity index (χ0) is 21.5. The highest BCUT2D eigenvalue weighted by molar-refractivity contribution is 7.90. The average molecular weight is 422 g/mol. The first-order valence-corrected chi connectivity index (χ1v) is 11.0. The summed E-state index contributed by atoms with van der Waals surface area (Å²) in [5.41, 5.74) is 0.287. The van der Waals surface area contributed by atoms with Gasteiger partial charge in [0.25, 0.3) is 5.56 Å². The molecule has 8 nitrogen and oxygen atoms in total. The Labute approximate surface area is 172 Å². The van der Waals surface area contributed by atoms with E-state index in [2.05, 4.69) is 9.97 Å². The Morgan fingerprint density at radius 2 is 1.67 bits per heavy atom. The van der Waals surface area contributed by atoms with Gasteiger partial charge >= 0.3 is 5.69 Å². The predicted molar refractivity (Wildman–Crippen MR) is 113 cm³/mol. The number of aromatic nitrogens is 4. The molecule has 0 N–H and O–H groups in total. The van der Waals surface area contributed by atoms with Crippen LogP contribution in [0.5, 0.6) is 0 Å². The number of hydrogen-bond donors (Lipinski definition) is 0. The Morgan fingerprint density at radius 1 is 0.967 bits per heavy atom. The minimum Gasteiger partial charge on any atom is -0.268 e. The van der Waals surface area contributed by atoms with Crippen LogP contribution in [-0.2, 0) is 9.84 Å². The van der Waals surface area contributed by atoms with E-state index in [1.807, 2.05) is 0 Å². The summed E-state index contributed by atoms with van der Waals surface area (Å²) < 4.78 is 26.0. The van der Waals surface area contributed by atoms with Crippen molar-refractivity contribution < 1.29 is 8.42 Å². The lowest BCUT2D eigenvalue weighted by atomic mass is 10.1. The fourth-order valence-corrected chi connectivity index (χ4v) is 3.98. The van der Waals surface area contributed by atoms with E-state index in [1.165, 1.54) is 35.0 Å². The van der Waals surface area contributed by atoms with Crippen LogP contribution in [0.2, 0.25) is 0 Å². The third-order valence-electron chi connectivity index (χ3n) is 4.92. The van der Waals surface area contributed by atoms with Gasteiger partial charge in [0.15, 0.2) is 15.5 Å². The van der Waals surface area contributed by atoms with Crippen molar-refractivity contribution in [3.05, 3.63) is 93.5 Å². The summed E-state index contributed by atoms with van der Waals surface area (Å²) in [7, 11) is -3.38. The molecule has 0 saturated heterocycles. The second-order valence-corrected chi connectivity index (χ2v) is 8.91. The second kappa shape index (κ2) is 7.34. The fraction of sp³-hybridized carbons (Fsp3) is 0.143. The Bertz CT molecular complexity index is 1460. The Kier molecular flexibility index (Phi) is 4.83. The van der Waals surface area contributed by atoms with Crippen LogP contribution in [0.25, 0.3) is 16.7 Å². The summed E-state index contributed by atoms with van der Waals surface area (Å²) >= 11 is 0. The van der Waals surface area contributed by atoms with Crippen molar-refractivity contribution in [1.82, 2.24) is 19.1 Å². The maximum Gasteiger partial charge on any atom is 0.337 e. The van der Waals surface area contributed by atoms with Crippen LogP contribution in [0.15, 0.2) is 81.6 Å². The molecule has 9 heteroatoms. The average Bonchev–Trinajstić information content (AvgIpc) is 2.74. The number of benzene rings is 1. The lowest BCUT2D eigenvalue weighted by Gasteiger charge is -2.18. The molecule has 0 aliphatic rings. The minimum absolute atomic E-state index is 0.133. The zero-order valence-corrected chi connectivity index (χ0v) is 17.1. The number of nitrogens with zero attached hydrogens (tertiary/aromatic N) is 4. The lowest BCUT2D eigenvalue weighted by Crippen LogP contribution is -2.41. The smallest absolute Gasteiger partial charge is 0.268 e. The molecule has 0 radical (unpaired) electrons. The number of rotatable bonds is 4. The van der Waals surface area contributed by atoms with Crippen LogP contribution < -0.4 is 11.2 Å². The van der Waals surface area contributed by atoms with E-state index < -0.39 is 27.1 Å². The molecule has 0 spiro atoms. The molecule has 4 rings (SSSR count). The maximum atomic E-state index is 13.4. The topological polar surface area (TPSA) is 104 Å². The highest BCUT2D eigenvalue weighted by Gasteiger charge is 2.20. The van der Waals surface area contributed by atoms with E-state index in [-0.39, 0.29) is 15.9 Å². The van der Waals surface area contributed by atoms with Crippen LogP contribution in [0.4, 0.5) is 0 Å². The second-order valence-electron chi connectivity index (χ2n) is 6.90. The molecular formula is C21H18N4O4S. The number of sulfone groups is 1. The summed E-state index contributed by atoms with van der Waals surface area (Å²) in [6, 6.07) is 12.1. The van der Waals surface area contributed by atoms with Gasteiger partial charge in [-0.15, -0.1) is 0 Å². The molecule has 152 valence electrons. The zero-order valence-electron chi connectivity index (χ0n) is 16.3. The third kappa shape index (κ3) is 3.33. The molecule has 0 bridgehead atoms. The minimum atomic E-state index is -3.38. The quantitative estimate of drug-likeness (QED) is 0.498. The monoisotopic (exact) mass is 422 g/mol. The van der Waals surface area contributed by atoms with Gasteiger partial charge in [-0.25, -0.2) is 22.8 Å². The lowest BCUT2D eigenvalue weighted by molar-refractivity contribution is 0.570. The molecule has 30 heavy (non-hydrogen) atoms. The van der Waals surface area contributed by atoms with Gasteiger partial charge in [-0.1, -0.05) is 6.07 Å².